The maximum Gasteiger partial charge on any atom is 0.332 e. The number of carbonyl (C=O) groups excluding carboxylic acids is 3. The van der Waals surface area contributed by atoms with Crippen LogP contribution >= 0.6 is 0 Å². The van der Waals surface area contributed by atoms with Gasteiger partial charge in [0.05, 0.1) is 13.2 Å². The number of benzene rings is 1. The van der Waals surface area contributed by atoms with Gasteiger partial charge in [-0.05, 0) is 32.9 Å². The van der Waals surface area contributed by atoms with Crippen molar-refractivity contribution in [2.24, 2.45) is 0 Å². The molecule has 0 radical (unpaired) electrons. The summed E-state index contributed by atoms with van der Waals surface area (Å²) in [4.78, 5) is 34.6. The number of ether oxygens (including phenoxy) is 4. The molecule has 0 aliphatic rings. The normalized spacial score (nSPS) is 9.96. The standard InChI is InChI=1S/C17H24N2O7/c1-4-23-11-16(21)26-10-15(20)19-17(22)18-12-7-8-13(24-5-2)14(9-12)25-6-3/h7-9H,4-6,10-11H2,1-3H3,(H2,18,19,20,22). The molecule has 1 rings (SSSR count). The highest BCUT2D eigenvalue weighted by atomic mass is 16.6. The Kier molecular flexibility index (Phi) is 9.55. The van der Waals surface area contributed by atoms with Crippen LogP contribution in [0, 0.1) is 0 Å². The lowest BCUT2D eigenvalue weighted by atomic mass is 10.2. The van der Waals surface area contributed by atoms with Crippen molar-refractivity contribution in [3.8, 4) is 11.5 Å². The zero-order chi connectivity index (χ0) is 19.4. The fraction of sp³-hybridized carbons (Fsp3) is 0.471. The Morgan fingerprint density at radius 2 is 1.62 bits per heavy atom. The van der Waals surface area contributed by atoms with Crippen LogP contribution < -0.4 is 20.1 Å². The largest absolute Gasteiger partial charge is 0.490 e. The van der Waals surface area contributed by atoms with Crippen molar-refractivity contribution < 1.29 is 33.3 Å². The summed E-state index contributed by atoms with van der Waals surface area (Å²) < 4.78 is 20.4. The molecule has 0 spiro atoms. The van der Waals surface area contributed by atoms with Gasteiger partial charge in [0.15, 0.2) is 18.1 Å². The van der Waals surface area contributed by atoms with Gasteiger partial charge in [-0.2, -0.15) is 0 Å². The Bertz CT molecular complexity index is 619. The van der Waals surface area contributed by atoms with Gasteiger partial charge in [0.1, 0.15) is 6.61 Å². The van der Waals surface area contributed by atoms with E-state index in [1.54, 1.807) is 25.1 Å². The third-order valence-corrected chi connectivity index (χ3v) is 2.84. The first kappa shape index (κ1) is 21.2. The molecule has 0 unspecified atom stereocenters. The van der Waals surface area contributed by atoms with Crippen LogP contribution in [0.5, 0.6) is 11.5 Å². The van der Waals surface area contributed by atoms with Crippen LogP contribution in [0.3, 0.4) is 0 Å². The summed E-state index contributed by atoms with van der Waals surface area (Å²) in [7, 11) is 0. The topological polar surface area (TPSA) is 112 Å². The SMILES string of the molecule is CCOCC(=O)OCC(=O)NC(=O)Nc1ccc(OCC)c(OCC)c1. The zero-order valence-electron chi connectivity index (χ0n) is 15.1. The van der Waals surface area contributed by atoms with Crippen LogP contribution in [0.15, 0.2) is 18.2 Å². The summed E-state index contributed by atoms with van der Waals surface area (Å²) in [6.07, 6.45) is 0. The smallest absolute Gasteiger partial charge is 0.332 e. The molecule has 0 aliphatic carbocycles. The van der Waals surface area contributed by atoms with E-state index in [2.05, 4.69) is 15.4 Å². The summed E-state index contributed by atoms with van der Waals surface area (Å²) in [5.74, 6) is -0.417. The van der Waals surface area contributed by atoms with Crippen LogP contribution in [0.2, 0.25) is 0 Å². The van der Waals surface area contributed by atoms with Crippen molar-refractivity contribution in [3.63, 3.8) is 0 Å². The molecule has 26 heavy (non-hydrogen) atoms. The molecule has 3 amide bonds. The lowest BCUT2D eigenvalue weighted by molar-refractivity contribution is -0.152. The van der Waals surface area contributed by atoms with Gasteiger partial charge < -0.3 is 24.3 Å². The van der Waals surface area contributed by atoms with E-state index in [0.29, 0.717) is 37.0 Å². The molecule has 0 atom stereocenters. The molecule has 9 nitrogen and oxygen atoms in total. The fourth-order valence-electron chi connectivity index (χ4n) is 1.83. The molecule has 0 fully saturated rings. The average Bonchev–Trinajstić information content (AvgIpc) is 2.60. The molecule has 9 heteroatoms. The van der Waals surface area contributed by atoms with Gasteiger partial charge in [-0.1, -0.05) is 0 Å². The molecule has 1 aromatic carbocycles. The lowest BCUT2D eigenvalue weighted by Gasteiger charge is -2.13. The van der Waals surface area contributed by atoms with E-state index in [0.717, 1.165) is 0 Å². The van der Waals surface area contributed by atoms with Gasteiger partial charge in [-0.15, -0.1) is 0 Å². The molecular formula is C17H24N2O7. The van der Waals surface area contributed by atoms with Crippen molar-refractivity contribution in [3.05, 3.63) is 18.2 Å². The Morgan fingerprint density at radius 3 is 2.27 bits per heavy atom. The van der Waals surface area contributed by atoms with Gasteiger partial charge in [-0.3, -0.25) is 10.1 Å². The van der Waals surface area contributed by atoms with E-state index in [1.807, 2.05) is 13.8 Å². The molecule has 0 aliphatic heterocycles. The number of hydrogen-bond acceptors (Lipinski definition) is 7. The Hall–Kier alpha value is -2.81. The lowest BCUT2D eigenvalue weighted by Crippen LogP contribution is -2.37. The van der Waals surface area contributed by atoms with Crippen molar-refractivity contribution in [1.82, 2.24) is 5.32 Å². The molecule has 0 saturated heterocycles. The molecule has 144 valence electrons. The predicted molar refractivity (Wildman–Crippen MR) is 93.4 cm³/mol. The third-order valence-electron chi connectivity index (χ3n) is 2.84. The fourth-order valence-corrected chi connectivity index (χ4v) is 1.83. The first-order valence-electron chi connectivity index (χ1n) is 8.23. The number of esters is 1. The minimum Gasteiger partial charge on any atom is -0.490 e. The zero-order valence-corrected chi connectivity index (χ0v) is 15.1. The first-order chi connectivity index (χ1) is 12.5. The maximum atomic E-state index is 11.8. The van der Waals surface area contributed by atoms with Gasteiger partial charge in [0, 0.05) is 18.4 Å². The van der Waals surface area contributed by atoms with Gasteiger partial charge in [0.2, 0.25) is 0 Å². The highest BCUT2D eigenvalue weighted by molar-refractivity contribution is 6.02. The van der Waals surface area contributed by atoms with E-state index < -0.39 is 24.5 Å². The van der Waals surface area contributed by atoms with Crippen molar-refractivity contribution in [2.45, 2.75) is 20.8 Å². The minimum atomic E-state index is -0.762. The van der Waals surface area contributed by atoms with Crippen LogP contribution in [-0.4, -0.2) is 50.9 Å². The van der Waals surface area contributed by atoms with Crippen LogP contribution in [0.4, 0.5) is 10.5 Å². The maximum absolute atomic E-state index is 11.8. The Labute approximate surface area is 151 Å². The average molecular weight is 368 g/mol. The first-order valence-corrected chi connectivity index (χ1v) is 8.23. The van der Waals surface area contributed by atoms with E-state index in [4.69, 9.17) is 14.2 Å². The van der Waals surface area contributed by atoms with Crippen molar-refractivity contribution >= 4 is 23.6 Å². The highest BCUT2D eigenvalue weighted by Crippen LogP contribution is 2.30. The van der Waals surface area contributed by atoms with E-state index >= 15 is 0 Å². The van der Waals surface area contributed by atoms with Crippen molar-refractivity contribution in [2.75, 3.05) is 38.4 Å². The van der Waals surface area contributed by atoms with Gasteiger partial charge >= 0.3 is 12.0 Å². The number of carbonyl (C=O) groups is 3. The van der Waals surface area contributed by atoms with E-state index in [9.17, 15) is 14.4 Å². The van der Waals surface area contributed by atoms with E-state index in [-0.39, 0.29) is 6.61 Å². The summed E-state index contributed by atoms with van der Waals surface area (Å²) in [6.45, 7) is 5.84. The molecule has 2 N–H and O–H groups in total. The number of anilines is 1. The second kappa shape index (κ2) is 11.7. The number of amides is 3. The monoisotopic (exact) mass is 368 g/mol. The Morgan fingerprint density at radius 1 is 0.923 bits per heavy atom. The van der Waals surface area contributed by atoms with Crippen molar-refractivity contribution in [1.29, 1.82) is 0 Å². The summed E-state index contributed by atoms with van der Waals surface area (Å²) in [5, 5.41) is 4.54. The number of hydrogen-bond donors (Lipinski definition) is 2. The number of urea groups is 1. The predicted octanol–water partition coefficient (Wildman–Crippen LogP) is 1.71. The third kappa shape index (κ3) is 7.84. The quantitative estimate of drug-likeness (QED) is 0.605. The molecule has 0 heterocycles. The molecular weight excluding hydrogens is 344 g/mol. The molecule has 0 bridgehead atoms. The number of nitrogens with one attached hydrogen (secondary N) is 2. The second-order valence-electron chi connectivity index (χ2n) is 4.83. The van der Waals surface area contributed by atoms with Gasteiger partial charge in [0.25, 0.3) is 5.91 Å². The summed E-state index contributed by atoms with van der Waals surface area (Å²) in [6, 6.07) is 4.09. The number of rotatable bonds is 10. The van der Waals surface area contributed by atoms with Crippen LogP contribution in [-0.2, 0) is 19.1 Å². The highest BCUT2D eigenvalue weighted by Gasteiger charge is 2.12. The second-order valence-corrected chi connectivity index (χ2v) is 4.83. The summed E-state index contributed by atoms with van der Waals surface area (Å²) in [5.41, 5.74) is 0.413. The minimum absolute atomic E-state index is 0.248. The molecule has 0 saturated carbocycles. The Balaban J connectivity index is 2.52. The van der Waals surface area contributed by atoms with Crippen LogP contribution in [0.25, 0.3) is 0 Å². The number of imide groups is 1. The van der Waals surface area contributed by atoms with Crippen LogP contribution in [0.1, 0.15) is 20.8 Å². The molecule has 1 aromatic rings. The van der Waals surface area contributed by atoms with Gasteiger partial charge in [-0.25, -0.2) is 9.59 Å². The van der Waals surface area contributed by atoms with E-state index in [1.165, 1.54) is 0 Å². The molecule has 0 aromatic heterocycles. The summed E-state index contributed by atoms with van der Waals surface area (Å²) >= 11 is 0.